The Labute approximate surface area is 62.9 Å². The van der Waals surface area contributed by atoms with E-state index in [1.165, 1.54) is 0 Å². The Hall–Kier alpha value is -0.700. The van der Waals surface area contributed by atoms with Crippen molar-refractivity contribution in [2.75, 3.05) is 13.6 Å². The van der Waals surface area contributed by atoms with Gasteiger partial charge in [-0.15, -0.1) is 0 Å². The van der Waals surface area contributed by atoms with Crippen LogP contribution in [0.5, 0.6) is 0 Å². The van der Waals surface area contributed by atoms with E-state index >= 15 is 0 Å². The van der Waals surface area contributed by atoms with Gasteiger partial charge in [0, 0.05) is 25.5 Å². The summed E-state index contributed by atoms with van der Waals surface area (Å²) >= 11 is 0. The second kappa shape index (κ2) is 5.11. The minimum atomic E-state index is 0.942. The SMILES string of the molecule is CCN/C=C(/CC)N(C)N. The van der Waals surface area contributed by atoms with Gasteiger partial charge in [0.15, 0.2) is 0 Å². The molecule has 0 heterocycles. The summed E-state index contributed by atoms with van der Waals surface area (Å²) in [6.45, 7) is 5.07. The average molecular weight is 143 g/mol. The molecule has 0 aromatic rings. The zero-order valence-corrected chi connectivity index (χ0v) is 7.02. The molecular weight excluding hydrogens is 126 g/mol. The van der Waals surface area contributed by atoms with Gasteiger partial charge in [-0.1, -0.05) is 6.92 Å². The molecule has 0 saturated heterocycles. The van der Waals surface area contributed by atoms with Gasteiger partial charge in [-0.3, -0.25) is 0 Å². The van der Waals surface area contributed by atoms with E-state index in [1.807, 2.05) is 13.2 Å². The molecule has 0 spiro atoms. The second-order valence-corrected chi connectivity index (χ2v) is 2.16. The highest BCUT2D eigenvalue weighted by Crippen LogP contribution is 1.98. The maximum Gasteiger partial charge on any atom is 0.0441 e. The van der Waals surface area contributed by atoms with E-state index in [0.29, 0.717) is 0 Å². The number of nitrogens with zero attached hydrogens (tertiary/aromatic N) is 1. The van der Waals surface area contributed by atoms with E-state index in [2.05, 4.69) is 19.2 Å². The maximum atomic E-state index is 5.51. The number of hydrogen-bond acceptors (Lipinski definition) is 3. The lowest BCUT2D eigenvalue weighted by Crippen LogP contribution is -2.26. The monoisotopic (exact) mass is 143 g/mol. The Kier molecular flexibility index (Phi) is 4.76. The van der Waals surface area contributed by atoms with E-state index in [4.69, 9.17) is 5.84 Å². The van der Waals surface area contributed by atoms with Crippen LogP contribution in [0.1, 0.15) is 20.3 Å². The van der Waals surface area contributed by atoms with Crippen LogP contribution in [-0.4, -0.2) is 18.6 Å². The summed E-state index contributed by atoms with van der Waals surface area (Å²) in [6.07, 6.45) is 2.90. The van der Waals surface area contributed by atoms with Crippen LogP contribution in [0.3, 0.4) is 0 Å². The van der Waals surface area contributed by atoms with Crippen molar-refractivity contribution >= 4 is 0 Å². The van der Waals surface area contributed by atoms with E-state index in [0.717, 1.165) is 18.7 Å². The Morgan fingerprint density at radius 1 is 1.60 bits per heavy atom. The first kappa shape index (κ1) is 9.30. The molecule has 0 saturated carbocycles. The van der Waals surface area contributed by atoms with Crippen molar-refractivity contribution in [3.05, 3.63) is 11.9 Å². The number of hydrogen-bond donors (Lipinski definition) is 2. The summed E-state index contributed by atoms with van der Waals surface area (Å²) < 4.78 is 0. The normalized spacial score (nSPS) is 11.4. The molecule has 0 aliphatic heterocycles. The average Bonchev–Trinajstić information content (AvgIpc) is 1.89. The number of hydrazine groups is 1. The van der Waals surface area contributed by atoms with Crippen LogP contribution in [0.25, 0.3) is 0 Å². The number of nitrogens with two attached hydrogens (primary N) is 1. The van der Waals surface area contributed by atoms with E-state index in [1.54, 1.807) is 5.01 Å². The van der Waals surface area contributed by atoms with E-state index in [9.17, 15) is 0 Å². The van der Waals surface area contributed by atoms with Gasteiger partial charge in [-0.05, 0) is 13.3 Å². The quantitative estimate of drug-likeness (QED) is 0.448. The molecule has 0 aromatic carbocycles. The van der Waals surface area contributed by atoms with Gasteiger partial charge < -0.3 is 10.3 Å². The highest BCUT2D eigenvalue weighted by molar-refractivity contribution is 4.95. The number of nitrogens with one attached hydrogen (secondary N) is 1. The van der Waals surface area contributed by atoms with Gasteiger partial charge in [0.1, 0.15) is 0 Å². The molecule has 3 N–H and O–H groups in total. The Bertz CT molecular complexity index is 107. The van der Waals surface area contributed by atoms with Crippen molar-refractivity contribution in [1.29, 1.82) is 0 Å². The van der Waals surface area contributed by atoms with Crippen molar-refractivity contribution in [3.63, 3.8) is 0 Å². The van der Waals surface area contributed by atoms with Crippen molar-refractivity contribution < 1.29 is 0 Å². The van der Waals surface area contributed by atoms with Crippen LogP contribution >= 0.6 is 0 Å². The van der Waals surface area contributed by atoms with Crippen molar-refractivity contribution in [1.82, 2.24) is 10.3 Å². The number of allylic oxidation sites excluding steroid dienone is 1. The molecule has 0 rings (SSSR count). The molecule has 0 unspecified atom stereocenters. The minimum absolute atomic E-state index is 0.942. The molecule has 3 heteroatoms. The lowest BCUT2D eigenvalue weighted by molar-refractivity contribution is 0.422. The molecule has 60 valence electrons. The van der Waals surface area contributed by atoms with Crippen molar-refractivity contribution in [2.24, 2.45) is 5.84 Å². The summed E-state index contributed by atoms with van der Waals surface area (Å²) in [6, 6.07) is 0. The highest BCUT2D eigenvalue weighted by Gasteiger charge is 1.93. The first-order valence-corrected chi connectivity index (χ1v) is 3.63. The summed E-state index contributed by atoms with van der Waals surface area (Å²) in [5.41, 5.74) is 1.11. The van der Waals surface area contributed by atoms with Crippen LogP contribution in [0.15, 0.2) is 11.9 Å². The molecule has 0 aromatic heterocycles. The second-order valence-electron chi connectivity index (χ2n) is 2.16. The standard InChI is InChI=1S/C7H17N3/c1-4-7(10(3)8)6-9-5-2/h6,9H,4-5,8H2,1-3H3/b7-6-. The van der Waals surface area contributed by atoms with Gasteiger partial charge in [0.05, 0.1) is 0 Å². The fourth-order valence-corrected chi connectivity index (χ4v) is 0.673. The largest absolute Gasteiger partial charge is 0.390 e. The predicted molar refractivity (Wildman–Crippen MR) is 44.0 cm³/mol. The first-order chi connectivity index (χ1) is 4.72. The molecule has 0 amide bonds. The molecular formula is C7H17N3. The van der Waals surface area contributed by atoms with Gasteiger partial charge in [0.2, 0.25) is 0 Å². The zero-order chi connectivity index (χ0) is 7.98. The Morgan fingerprint density at radius 3 is 2.50 bits per heavy atom. The van der Waals surface area contributed by atoms with Gasteiger partial charge in [0.25, 0.3) is 0 Å². The van der Waals surface area contributed by atoms with E-state index < -0.39 is 0 Å². The lowest BCUT2D eigenvalue weighted by Gasteiger charge is -2.14. The molecule has 0 aliphatic carbocycles. The molecule has 0 bridgehead atoms. The van der Waals surface area contributed by atoms with Gasteiger partial charge in [-0.2, -0.15) is 0 Å². The molecule has 0 atom stereocenters. The van der Waals surface area contributed by atoms with Crippen LogP contribution in [-0.2, 0) is 0 Å². The Morgan fingerprint density at radius 2 is 2.20 bits per heavy atom. The Balaban J connectivity index is 3.79. The third kappa shape index (κ3) is 3.35. The first-order valence-electron chi connectivity index (χ1n) is 3.63. The summed E-state index contributed by atoms with van der Waals surface area (Å²) in [7, 11) is 1.84. The number of rotatable bonds is 4. The molecule has 0 aliphatic rings. The fraction of sp³-hybridized carbons (Fsp3) is 0.714. The van der Waals surface area contributed by atoms with Gasteiger partial charge in [-0.25, -0.2) is 5.84 Å². The molecule has 0 fully saturated rings. The van der Waals surface area contributed by atoms with Crippen LogP contribution in [0, 0.1) is 0 Å². The van der Waals surface area contributed by atoms with E-state index in [-0.39, 0.29) is 0 Å². The molecule has 10 heavy (non-hydrogen) atoms. The molecule has 0 radical (unpaired) electrons. The third-order valence-corrected chi connectivity index (χ3v) is 1.29. The maximum absolute atomic E-state index is 5.51. The summed E-state index contributed by atoms with van der Waals surface area (Å²) in [5, 5.41) is 4.72. The third-order valence-electron chi connectivity index (χ3n) is 1.29. The predicted octanol–water partition coefficient (Wildman–Crippen LogP) is 0.653. The highest BCUT2D eigenvalue weighted by atomic mass is 15.4. The van der Waals surface area contributed by atoms with Crippen LogP contribution in [0.4, 0.5) is 0 Å². The summed E-state index contributed by atoms with van der Waals surface area (Å²) in [4.78, 5) is 0. The smallest absolute Gasteiger partial charge is 0.0441 e. The summed E-state index contributed by atoms with van der Waals surface area (Å²) in [5.74, 6) is 5.51. The zero-order valence-electron chi connectivity index (χ0n) is 7.02. The van der Waals surface area contributed by atoms with Crippen molar-refractivity contribution in [3.8, 4) is 0 Å². The van der Waals surface area contributed by atoms with Crippen LogP contribution < -0.4 is 11.2 Å². The lowest BCUT2D eigenvalue weighted by atomic mass is 10.3. The van der Waals surface area contributed by atoms with Gasteiger partial charge >= 0.3 is 0 Å². The molecule has 3 nitrogen and oxygen atoms in total. The fourth-order valence-electron chi connectivity index (χ4n) is 0.673. The topological polar surface area (TPSA) is 41.3 Å². The minimum Gasteiger partial charge on any atom is -0.390 e. The van der Waals surface area contributed by atoms with Crippen LogP contribution in [0.2, 0.25) is 0 Å². The van der Waals surface area contributed by atoms with Crippen molar-refractivity contribution in [2.45, 2.75) is 20.3 Å².